The lowest BCUT2D eigenvalue weighted by Crippen LogP contribution is -2.30. The molecular formula is C16H9ClF3NO3. The molecule has 2 amide bonds. The molecule has 24 heavy (non-hydrogen) atoms. The van der Waals surface area contributed by atoms with Crippen LogP contribution in [0.5, 0.6) is 5.75 Å². The van der Waals surface area contributed by atoms with Crippen LogP contribution >= 0.6 is 11.6 Å². The number of rotatable bonds is 2. The molecule has 0 atom stereocenters. The van der Waals surface area contributed by atoms with Crippen LogP contribution in [0.1, 0.15) is 26.3 Å². The molecule has 0 saturated carbocycles. The third-order valence-corrected chi connectivity index (χ3v) is 3.81. The number of ether oxygens (including phenoxy) is 1. The summed E-state index contributed by atoms with van der Waals surface area (Å²) in [5.41, 5.74) is 0.816. The second-order valence-electron chi connectivity index (χ2n) is 5.11. The van der Waals surface area contributed by atoms with Crippen molar-refractivity contribution in [3.05, 3.63) is 58.1 Å². The number of carbonyl (C=O) groups is 2. The number of carbonyl (C=O) groups excluding carboxylic acids is 2. The van der Waals surface area contributed by atoms with Gasteiger partial charge in [0.1, 0.15) is 5.75 Å². The van der Waals surface area contributed by atoms with Crippen LogP contribution < -0.4 is 9.64 Å². The van der Waals surface area contributed by atoms with Crippen LogP contribution in [0.25, 0.3) is 0 Å². The first-order valence-corrected chi connectivity index (χ1v) is 7.10. The van der Waals surface area contributed by atoms with Gasteiger partial charge in [-0.25, -0.2) is 4.90 Å². The van der Waals surface area contributed by atoms with E-state index in [0.29, 0.717) is 0 Å². The Hall–Kier alpha value is -2.54. The molecule has 2 aromatic carbocycles. The number of benzene rings is 2. The zero-order valence-electron chi connectivity index (χ0n) is 12.1. The predicted molar refractivity (Wildman–Crippen MR) is 80.5 cm³/mol. The molecule has 3 rings (SSSR count). The highest BCUT2D eigenvalue weighted by atomic mass is 35.5. The quantitative estimate of drug-likeness (QED) is 0.752. The van der Waals surface area contributed by atoms with E-state index in [1.54, 1.807) is 12.1 Å². The number of nitrogens with zero attached hydrogens (tertiary/aromatic N) is 1. The van der Waals surface area contributed by atoms with Crippen LogP contribution in [0, 0.1) is 6.92 Å². The van der Waals surface area contributed by atoms with Gasteiger partial charge in [0.15, 0.2) is 0 Å². The van der Waals surface area contributed by atoms with Crippen molar-refractivity contribution in [1.82, 2.24) is 0 Å². The Morgan fingerprint density at radius 1 is 1.04 bits per heavy atom. The van der Waals surface area contributed by atoms with Crippen molar-refractivity contribution in [1.29, 1.82) is 0 Å². The topological polar surface area (TPSA) is 46.6 Å². The summed E-state index contributed by atoms with van der Waals surface area (Å²) >= 11 is 5.82. The number of anilines is 1. The number of hydrogen-bond acceptors (Lipinski definition) is 3. The highest BCUT2D eigenvalue weighted by Gasteiger charge is 2.38. The molecule has 0 aromatic heterocycles. The predicted octanol–water partition coefficient (Wildman–Crippen LogP) is 4.35. The van der Waals surface area contributed by atoms with Gasteiger partial charge in [0, 0.05) is 0 Å². The van der Waals surface area contributed by atoms with E-state index >= 15 is 0 Å². The monoisotopic (exact) mass is 355 g/mol. The van der Waals surface area contributed by atoms with Gasteiger partial charge in [0.2, 0.25) is 0 Å². The largest absolute Gasteiger partial charge is 0.573 e. The molecule has 0 spiro atoms. The molecule has 0 N–H and O–H groups in total. The highest BCUT2D eigenvalue weighted by Crippen LogP contribution is 2.38. The Bertz CT molecular complexity index is 829. The van der Waals surface area contributed by atoms with Crippen molar-refractivity contribution in [2.45, 2.75) is 13.3 Å². The maximum atomic E-state index is 12.4. The number of halogens is 4. The molecule has 0 radical (unpaired) electrons. The van der Waals surface area contributed by atoms with Gasteiger partial charge >= 0.3 is 6.36 Å². The number of alkyl halides is 3. The van der Waals surface area contributed by atoms with Crippen LogP contribution in [-0.4, -0.2) is 18.2 Å². The first-order valence-electron chi connectivity index (χ1n) is 6.73. The molecule has 0 fully saturated rings. The fourth-order valence-electron chi connectivity index (χ4n) is 2.50. The summed E-state index contributed by atoms with van der Waals surface area (Å²) in [5.74, 6) is -1.71. The van der Waals surface area contributed by atoms with Gasteiger partial charge in [-0.15, -0.1) is 13.2 Å². The van der Waals surface area contributed by atoms with Gasteiger partial charge in [0.05, 0.1) is 21.8 Å². The molecular weight excluding hydrogens is 347 g/mol. The third kappa shape index (κ3) is 2.71. The third-order valence-electron chi connectivity index (χ3n) is 3.51. The minimum Gasteiger partial charge on any atom is -0.404 e. The molecule has 1 aliphatic rings. The first-order chi connectivity index (χ1) is 11.2. The fourth-order valence-corrected chi connectivity index (χ4v) is 2.69. The van der Waals surface area contributed by atoms with E-state index in [0.717, 1.165) is 17.0 Å². The second-order valence-corrected chi connectivity index (χ2v) is 5.52. The summed E-state index contributed by atoms with van der Waals surface area (Å²) in [6, 6.07) is 8.40. The lowest BCUT2D eigenvalue weighted by molar-refractivity contribution is -0.274. The molecule has 0 bridgehead atoms. The average molecular weight is 356 g/mol. The van der Waals surface area contributed by atoms with Gasteiger partial charge in [-0.05, 0) is 36.8 Å². The van der Waals surface area contributed by atoms with E-state index in [1.807, 2.05) is 0 Å². The Labute approximate surface area is 139 Å². The lowest BCUT2D eigenvalue weighted by Gasteiger charge is -2.19. The van der Waals surface area contributed by atoms with Crippen molar-refractivity contribution in [3.8, 4) is 5.75 Å². The summed E-state index contributed by atoms with van der Waals surface area (Å²) in [6.45, 7) is 1.46. The summed E-state index contributed by atoms with van der Waals surface area (Å²) in [4.78, 5) is 25.8. The van der Waals surface area contributed by atoms with Crippen LogP contribution in [0.15, 0.2) is 36.4 Å². The van der Waals surface area contributed by atoms with Crippen molar-refractivity contribution >= 4 is 29.1 Å². The zero-order chi connectivity index (χ0) is 17.6. The van der Waals surface area contributed by atoms with E-state index in [9.17, 15) is 22.8 Å². The number of amides is 2. The minimum absolute atomic E-state index is 0.112. The molecule has 8 heteroatoms. The number of aryl methyl sites for hydroxylation is 1. The van der Waals surface area contributed by atoms with Crippen LogP contribution in [0.4, 0.5) is 18.9 Å². The molecule has 0 saturated heterocycles. The Balaban J connectivity index is 2.04. The number of hydrogen-bond donors (Lipinski definition) is 0. The summed E-state index contributed by atoms with van der Waals surface area (Å²) in [6.07, 6.45) is -4.90. The van der Waals surface area contributed by atoms with E-state index in [4.69, 9.17) is 11.6 Å². The summed E-state index contributed by atoms with van der Waals surface area (Å²) in [7, 11) is 0. The standard InChI is InChI=1S/C16H9ClF3NO3/c1-8-6-13(24-16(18,19)20)11(17)7-12(8)21-14(22)9-4-2-3-5-10(9)15(21)23/h2-7H,1H3. The Morgan fingerprint density at radius 2 is 1.58 bits per heavy atom. The van der Waals surface area contributed by atoms with Crippen molar-refractivity contribution in [2.75, 3.05) is 4.90 Å². The molecule has 0 aliphatic carbocycles. The van der Waals surface area contributed by atoms with Crippen LogP contribution in [0.2, 0.25) is 5.02 Å². The maximum Gasteiger partial charge on any atom is 0.573 e. The van der Waals surface area contributed by atoms with Gasteiger partial charge in [-0.1, -0.05) is 23.7 Å². The lowest BCUT2D eigenvalue weighted by atomic mass is 10.1. The first kappa shape index (κ1) is 16.3. The zero-order valence-corrected chi connectivity index (χ0v) is 12.9. The normalized spacial score (nSPS) is 14.1. The Kier molecular flexibility index (Phi) is 3.76. The van der Waals surface area contributed by atoms with Crippen LogP contribution in [0.3, 0.4) is 0 Å². The summed E-state index contributed by atoms with van der Waals surface area (Å²) < 4.78 is 40.9. The second kappa shape index (κ2) is 5.52. The van der Waals surface area contributed by atoms with Crippen molar-refractivity contribution in [3.63, 3.8) is 0 Å². The molecule has 1 aliphatic heterocycles. The van der Waals surface area contributed by atoms with Gasteiger partial charge in [0.25, 0.3) is 11.8 Å². The SMILES string of the molecule is Cc1cc(OC(F)(F)F)c(Cl)cc1N1C(=O)c2ccccc2C1=O. The number of imide groups is 1. The maximum absolute atomic E-state index is 12.4. The average Bonchev–Trinajstić information content (AvgIpc) is 2.74. The molecule has 0 unspecified atom stereocenters. The molecule has 4 nitrogen and oxygen atoms in total. The van der Waals surface area contributed by atoms with Crippen molar-refractivity contribution < 1.29 is 27.5 Å². The smallest absolute Gasteiger partial charge is 0.404 e. The van der Waals surface area contributed by atoms with Gasteiger partial charge in [-0.2, -0.15) is 0 Å². The Morgan fingerprint density at radius 3 is 2.08 bits per heavy atom. The van der Waals surface area contributed by atoms with E-state index in [-0.39, 0.29) is 27.4 Å². The van der Waals surface area contributed by atoms with Gasteiger partial charge < -0.3 is 4.74 Å². The molecule has 1 heterocycles. The number of fused-ring (bicyclic) bond motifs is 1. The van der Waals surface area contributed by atoms with Crippen molar-refractivity contribution in [2.24, 2.45) is 0 Å². The van der Waals surface area contributed by atoms with E-state index in [1.165, 1.54) is 19.1 Å². The van der Waals surface area contributed by atoms with E-state index in [2.05, 4.69) is 4.74 Å². The fraction of sp³-hybridized carbons (Fsp3) is 0.125. The minimum atomic E-state index is -4.90. The molecule has 2 aromatic rings. The highest BCUT2D eigenvalue weighted by molar-refractivity contribution is 6.36. The van der Waals surface area contributed by atoms with E-state index < -0.39 is 23.9 Å². The summed E-state index contributed by atoms with van der Waals surface area (Å²) in [5, 5.41) is -0.357. The molecule has 124 valence electrons. The van der Waals surface area contributed by atoms with Crippen LogP contribution in [-0.2, 0) is 0 Å². The van der Waals surface area contributed by atoms with Gasteiger partial charge in [-0.3, -0.25) is 9.59 Å².